The Balaban J connectivity index is 2.08. The van der Waals surface area contributed by atoms with Crippen molar-refractivity contribution in [1.82, 2.24) is 4.90 Å². The summed E-state index contributed by atoms with van der Waals surface area (Å²) in [6, 6.07) is 14.1. The van der Waals surface area contributed by atoms with Crippen LogP contribution in [0.4, 0.5) is 10.5 Å². The van der Waals surface area contributed by atoms with Gasteiger partial charge in [0, 0.05) is 25.9 Å². The molecule has 2 rings (SSSR count). The number of benzene rings is 2. The molecule has 0 aliphatic heterocycles. The maximum absolute atomic E-state index is 12.7. The van der Waals surface area contributed by atoms with Crippen molar-refractivity contribution in [2.75, 3.05) is 31.8 Å². The zero-order valence-corrected chi connectivity index (χ0v) is 17.2. The van der Waals surface area contributed by atoms with Crippen LogP contribution >= 0.6 is 0 Å². The molecule has 8 heteroatoms. The maximum Gasteiger partial charge on any atom is 0.322 e. The van der Waals surface area contributed by atoms with Gasteiger partial charge in [-0.25, -0.2) is 4.79 Å². The molecule has 28 heavy (non-hydrogen) atoms. The number of anilines is 1. The quantitative estimate of drug-likeness (QED) is 0.646. The number of aryl methyl sites for hydroxylation is 1. The van der Waals surface area contributed by atoms with Crippen molar-refractivity contribution >= 4 is 21.8 Å². The van der Waals surface area contributed by atoms with E-state index in [4.69, 9.17) is 8.92 Å². The molecule has 2 amide bonds. The molecule has 0 spiro atoms. The van der Waals surface area contributed by atoms with Gasteiger partial charge in [0.2, 0.25) is 0 Å². The minimum atomic E-state index is -3.57. The highest BCUT2D eigenvalue weighted by atomic mass is 32.2. The van der Waals surface area contributed by atoms with Gasteiger partial charge in [0.25, 0.3) is 0 Å². The highest BCUT2D eigenvalue weighted by molar-refractivity contribution is 7.86. The Morgan fingerprint density at radius 1 is 1.11 bits per heavy atom. The van der Waals surface area contributed by atoms with Crippen LogP contribution in [-0.4, -0.2) is 45.9 Å². The van der Waals surface area contributed by atoms with E-state index in [0.717, 1.165) is 29.5 Å². The van der Waals surface area contributed by atoms with Crippen LogP contribution in [0, 0.1) is 0 Å². The van der Waals surface area contributed by atoms with Crippen molar-refractivity contribution in [1.29, 1.82) is 0 Å². The van der Waals surface area contributed by atoms with Crippen molar-refractivity contribution in [2.45, 2.75) is 19.9 Å². The molecule has 0 heterocycles. The highest BCUT2D eigenvalue weighted by Crippen LogP contribution is 2.17. The van der Waals surface area contributed by atoms with E-state index in [2.05, 4.69) is 12.2 Å². The first kappa shape index (κ1) is 21.7. The molecule has 0 saturated heterocycles. The van der Waals surface area contributed by atoms with Crippen LogP contribution in [0.15, 0.2) is 48.5 Å². The van der Waals surface area contributed by atoms with E-state index >= 15 is 0 Å². The molecule has 0 fully saturated rings. The summed E-state index contributed by atoms with van der Waals surface area (Å²) in [6.07, 6.45) is 1.88. The van der Waals surface area contributed by atoms with E-state index < -0.39 is 10.1 Å². The van der Waals surface area contributed by atoms with Gasteiger partial charge in [-0.1, -0.05) is 31.2 Å². The first-order chi connectivity index (χ1) is 13.3. The molecule has 0 unspecified atom stereocenters. The molecular weight excluding hydrogens is 380 g/mol. The van der Waals surface area contributed by atoms with Crippen molar-refractivity contribution < 1.29 is 22.1 Å². The van der Waals surface area contributed by atoms with Crippen LogP contribution in [-0.2, 0) is 27.8 Å². The lowest BCUT2D eigenvalue weighted by Crippen LogP contribution is -2.36. The molecule has 0 atom stereocenters. The highest BCUT2D eigenvalue weighted by Gasteiger charge is 2.15. The van der Waals surface area contributed by atoms with Crippen molar-refractivity contribution in [3.8, 4) is 5.75 Å². The molecule has 0 aliphatic rings. The average molecular weight is 407 g/mol. The summed E-state index contributed by atoms with van der Waals surface area (Å²) in [5.74, 6) is 0.232. The second-order valence-electron chi connectivity index (χ2n) is 6.33. The van der Waals surface area contributed by atoms with Gasteiger partial charge in [-0.05, 0) is 41.8 Å². The summed E-state index contributed by atoms with van der Waals surface area (Å²) >= 11 is 0. The number of amides is 2. The molecule has 2 aromatic rings. The third-order valence-corrected chi connectivity index (χ3v) is 4.48. The number of nitrogens with zero attached hydrogens (tertiary/aromatic N) is 1. The largest absolute Gasteiger partial charge is 0.383 e. The van der Waals surface area contributed by atoms with E-state index in [1.165, 1.54) is 0 Å². The number of carbonyl (C=O) groups excluding carboxylic acids is 1. The Kier molecular flexibility index (Phi) is 7.83. The van der Waals surface area contributed by atoms with E-state index in [9.17, 15) is 13.2 Å². The Morgan fingerprint density at radius 2 is 1.82 bits per heavy atom. The monoisotopic (exact) mass is 406 g/mol. The van der Waals surface area contributed by atoms with Crippen LogP contribution in [0.1, 0.15) is 18.1 Å². The van der Waals surface area contributed by atoms with Crippen LogP contribution in [0.25, 0.3) is 0 Å². The summed E-state index contributed by atoms with van der Waals surface area (Å²) in [5.41, 5.74) is 2.72. The van der Waals surface area contributed by atoms with Gasteiger partial charge >= 0.3 is 16.1 Å². The normalized spacial score (nSPS) is 11.1. The number of hydrogen-bond donors (Lipinski definition) is 1. The molecule has 152 valence electrons. The fourth-order valence-electron chi connectivity index (χ4n) is 2.57. The molecule has 0 aliphatic carbocycles. The van der Waals surface area contributed by atoms with Gasteiger partial charge in [-0.2, -0.15) is 8.42 Å². The number of methoxy groups -OCH3 is 1. The zero-order valence-electron chi connectivity index (χ0n) is 16.3. The summed E-state index contributed by atoms with van der Waals surface area (Å²) in [4.78, 5) is 14.4. The van der Waals surface area contributed by atoms with Gasteiger partial charge in [0.1, 0.15) is 5.75 Å². The van der Waals surface area contributed by atoms with E-state index in [0.29, 0.717) is 19.7 Å². The number of urea groups is 1. The van der Waals surface area contributed by atoms with Gasteiger partial charge in [0.05, 0.1) is 12.9 Å². The van der Waals surface area contributed by atoms with Crippen LogP contribution in [0.2, 0.25) is 0 Å². The topological polar surface area (TPSA) is 84.9 Å². The Hall–Kier alpha value is -2.58. The number of rotatable bonds is 9. The summed E-state index contributed by atoms with van der Waals surface area (Å²) in [7, 11) is -1.99. The fourth-order valence-corrected chi connectivity index (χ4v) is 3.03. The van der Waals surface area contributed by atoms with Crippen molar-refractivity contribution in [3.05, 3.63) is 59.7 Å². The first-order valence-corrected chi connectivity index (χ1v) is 10.7. The molecule has 0 radical (unpaired) electrons. The van der Waals surface area contributed by atoms with Crippen molar-refractivity contribution in [3.63, 3.8) is 0 Å². The molecule has 0 saturated carbocycles. The standard InChI is InChI=1S/C20H26N2O5S/c1-4-16-6-5-7-18(14-16)21-20(23)22(12-13-26-2)15-17-8-10-19(11-9-17)27-28(3,24)25/h5-11,14H,4,12-13,15H2,1-3H3,(H,21,23). The summed E-state index contributed by atoms with van der Waals surface area (Å²) < 4.78 is 32.3. The summed E-state index contributed by atoms with van der Waals surface area (Å²) in [6.45, 7) is 3.22. The van der Waals surface area contributed by atoms with Crippen molar-refractivity contribution in [2.24, 2.45) is 0 Å². The predicted molar refractivity (Wildman–Crippen MR) is 109 cm³/mol. The predicted octanol–water partition coefficient (Wildman–Crippen LogP) is 3.27. The van der Waals surface area contributed by atoms with E-state index in [-0.39, 0.29) is 11.8 Å². The fraction of sp³-hybridized carbons (Fsp3) is 0.350. The molecule has 0 bridgehead atoms. The maximum atomic E-state index is 12.7. The average Bonchev–Trinajstić information content (AvgIpc) is 2.65. The van der Waals surface area contributed by atoms with Gasteiger partial charge in [-0.15, -0.1) is 0 Å². The second-order valence-corrected chi connectivity index (χ2v) is 7.90. The zero-order chi connectivity index (χ0) is 20.6. The molecule has 0 aromatic heterocycles. The Bertz CT molecular complexity index is 882. The smallest absolute Gasteiger partial charge is 0.322 e. The van der Waals surface area contributed by atoms with E-state index in [1.807, 2.05) is 24.3 Å². The molecule has 7 nitrogen and oxygen atoms in total. The minimum Gasteiger partial charge on any atom is -0.383 e. The number of nitrogens with one attached hydrogen (secondary N) is 1. The molecule has 2 aromatic carbocycles. The lowest BCUT2D eigenvalue weighted by Gasteiger charge is -2.23. The number of ether oxygens (including phenoxy) is 1. The Morgan fingerprint density at radius 3 is 2.43 bits per heavy atom. The van der Waals surface area contributed by atoms with Gasteiger partial charge in [-0.3, -0.25) is 0 Å². The van der Waals surface area contributed by atoms with Gasteiger partial charge < -0.3 is 19.1 Å². The Labute approximate surface area is 166 Å². The summed E-state index contributed by atoms with van der Waals surface area (Å²) in [5, 5.41) is 2.92. The van der Waals surface area contributed by atoms with Gasteiger partial charge in [0.15, 0.2) is 0 Å². The van der Waals surface area contributed by atoms with Crippen LogP contribution in [0.3, 0.4) is 0 Å². The SMILES string of the molecule is CCc1cccc(NC(=O)N(CCOC)Cc2ccc(OS(C)(=O)=O)cc2)c1. The van der Waals surface area contributed by atoms with Crippen LogP contribution < -0.4 is 9.50 Å². The first-order valence-electron chi connectivity index (χ1n) is 8.93. The lowest BCUT2D eigenvalue weighted by atomic mass is 10.1. The van der Waals surface area contributed by atoms with E-state index in [1.54, 1.807) is 36.3 Å². The molecule has 1 N–H and O–H groups in total. The number of carbonyl (C=O) groups is 1. The minimum absolute atomic E-state index is 0.232. The van der Waals surface area contributed by atoms with Crippen LogP contribution in [0.5, 0.6) is 5.75 Å². The number of hydrogen-bond acceptors (Lipinski definition) is 5. The third kappa shape index (κ3) is 7.21. The molecular formula is C20H26N2O5S. The third-order valence-electron chi connectivity index (χ3n) is 3.98. The lowest BCUT2D eigenvalue weighted by molar-refractivity contribution is 0.153. The second kappa shape index (κ2) is 10.1.